The van der Waals surface area contributed by atoms with Crippen molar-refractivity contribution in [3.8, 4) is 0 Å². The molecule has 1 saturated heterocycles. The predicted molar refractivity (Wildman–Crippen MR) is 97.2 cm³/mol. The van der Waals surface area contributed by atoms with Crippen molar-refractivity contribution in [2.24, 2.45) is 0 Å². The summed E-state index contributed by atoms with van der Waals surface area (Å²) in [6.45, 7) is 4.22. The van der Waals surface area contributed by atoms with Gasteiger partial charge in [0, 0.05) is 26.1 Å². The first-order chi connectivity index (χ1) is 11.8. The number of rotatable bonds is 7. The van der Waals surface area contributed by atoms with E-state index < -0.39 is 0 Å². The van der Waals surface area contributed by atoms with E-state index in [1.807, 2.05) is 18.2 Å². The predicted octanol–water partition coefficient (Wildman–Crippen LogP) is 2.87. The largest absolute Gasteiger partial charge is 0.379 e. The quantitative estimate of drug-likeness (QED) is 0.840. The van der Waals surface area contributed by atoms with Crippen LogP contribution in [0.5, 0.6) is 0 Å². The van der Waals surface area contributed by atoms with Gasteiger partial charge in [-0.1, -0.05) is 30.3 Å². The molecule has 0 bridgehead atoms. The monoisotopic (exact) mass is 344 g/mol. The van der Waals surface area contributed by atoms with Crippen molar-refractivity contribution in [3.63, 3.8) is 0 Å². The van der Waals surface area contributed by atoms with Gasteiger partial charge in [-0.05, 0) is 34.4 Å². The minimum Gasteiger partial charge on any atom is -0.379 e. The van der Waals surface area contributed by atoms with E-state index in [-0.39, 0.29) is 11.9 Å². The number of hydrogen-bond acceptors (Lipinski definition) is 4. The smallest absolute Gasteiger partial charge is 0.220 e. The molecule has 24 heavy (non-hydrogen) atoms. The molecule has 1 aliphatic rings. The van der Waals surface area contributed by atoms with Crippen LogP contribution in [0.3, 0.4) is 0 Å². The average molecular weight is 344 g/mol. The molecule has 0 saturated carbocycles. The molecule has 2 heterocycles. The van der Waals surface area contributed by atoms with Gasteiger partial charge in [0.15, 0.2) is 0 Å². The third-order valence-corrected chi connectivity index (χ3v) is 5.03. The van der Waals surface area contributed by atoms with Crippen molar-refractivity contribution in [1.29, 1.82) is 0 Å². The van der Waals surface area contributed by atoms with Gasteiger partial charge in [0.25, 0.3) is 0 Å². The topological polar surface area (TPSA) is 41.6 Å². The van der Waals surface area contributed by atoms with E-state index in [1.54, 1.807) is 11.3 Å². The Morgan fingerprint density at radius 2 is 2.00 bits per heavy atom. The minimum absolute atomic E-state index is 0.0271. The number of nitrogens with one attached hydrogen (secondary N) is 1. The van der Waals surface area contributed by atoms with E-state index in [9.17, 15) is 4.79 Å². The number of thiophene rings is 1. The van der Waals surface area contributed by atoms with Crippen molar-refractivity contribution < 1.29 is 9.53 Å². The molecule has 1 unspecified atom stereocenters. The van der Waals surface area contributed by atoms with Gasteiger partial charge in [-0.2, -0.15) is 11.3 Å². The Hall–Kier alpha value is -1.69. The number of ether oxygens (including phenoxy) is 1. The van der Waals surface area contributed by atoms with E-state index in [2.05, 4.69) is 39.2 Å². The van der Waals surface area contributed by atoms with Gasteiger partial charge in [0.1, 0.15) is 0 Å². The normalized spacial score (nSPS) is 16.7. The number of amides is 1. The summed E-state index contributed by atoms with van der Waals surface area (Å²) >= 11 is 1.68. The van der Waals surface area contributed by atoms with E-state index in [1.165, 1.54) is 5.56 Å². The zero-order chi connectivity index (χ0) is 16.6. The number of carbonyl (C=O) groups is 1. The molecule has 5 heteroatoms. The average Bonchev–Trinajstić information content (AvgIpc) is 3.15. The second-order valence-electron chi connectivity index (χ2n) is 6.08. The lowest BCUT2D eigenvalue weighted by atomic mass is 10.1. The molecule has 128 valence electrons. The van der Waals surface area contributed by atoms with Gasteiger partial charge >= 0.3 is 0 Å². The van der Waals surface area contributed by atoms with Gasteiger partial charge < -0.3 is 10.1 Å². The van der Waals surface area contributed by atoms with Crippen LogP contribution >= 0.6 is 11.3 Å². The van der Waals surface area contributed by atoms with Crippen LogP contribution in [-0.2, 0) is 16.0 Å². The molecule has 2 aromatic rings. The summed E-state index contributed by atoms with van der Waals surface area (Å²) < 4.78 is 5.42. The highest BCUT2D eigenvalue weighted by atomic mass is 32.1. The Kier molecular flexibility index (Phi) is 6.41. The van der Waals surface area contributed by atoms with Crippen molar-refractivity contribution >= 4 is 17.2 Å². The van der Waals surface area contributed by atoms with Gasteiger partial charge in [-0.3, -0.25) is 9.69 Å². The first-order valence-corrected chi connectivity index (χ1v) is 9.41. The van der Waals surface area contributed by atoms with Gasteiger partial charge in [0.05, 0.1) is 19.3 Å². The summed E-state index contributed by atoms with van der Waals surface area (Å²) in [6.07, 6.45) is 1.33. The third-order valence-electron chi connectivity index (χ3n) is 4.30. The molecule has 1 aliphatic heterocycles. The first kappa shape index (κ1) is 17.1. The van der Waals surface area contributed by atoms with Crippen LogP contribution in [0.25, 0.3) is 0 Å². The van der Waals surface area contributed by atoms with Crippen LogP contribution in [-0.4, -0.2) is 43.7 Å². The van der Waals surface area contributed by atoms with E-state index >= 15 is 0 Å². The summed E-state index contributed by atoms with van der Waals surface area (Å²) in [4.78, 5) is 14.8. The molecule has 4 nitrogen and oxygen atoms in total. The molecule has 1 atom stereocenters. The molecular formula is C19H24N2O2S. The number of aryl methyl sites for hydroxylation is 1. The fraction of sp³-hybridized carbons (Fsp3) is 0.421. The maximum atomic E-state index is 12.4. The van der Waals surface area contributed by atoms with Gasteiger partial charge in [-0.15, -0.1) is 0 Å². The fourth-order valence-corrected chi connectivity index (χ4v) is 3.62. The minimum atomic E-state index is 0.0271. The Morgan fingerprint density at radius 1 is 1.21 bits per heavy atom. The number of nitrogens with zero attached hydrogens (tertiary/aromatic N) is 1. The van der Waals surface area contributed by atoms with Crippen LogP contribution in [0.15, 0.2) is 47.2 Å². The highest BCUT2D eigenvalue weighted by Crippen LogP contribution is 2.16. The summed E-state index contributed by atoms with van der Waals surface area (Å²) in [5.41, 5.74) is 2.40. The van der Waals surface area contributed by atoms with Crippen LogP contribution in [0.2, 0.25) is 0 Å². The summed E-state index contributed by atoms with van der Waals surface area (Å²) in [5, 5.41) is 7.39. The second-order valence-corrected chi connectivity index (χ2v) is 6.86. The van der Waals surface area contributed by atoms with Crippen LogP contribution in [0, 0.1) is 0 Å². The Balaban J connectivity index is 1.59. The zero-order valence-electron chi connectivity index (χ0n) is 13.8. The van der Waals surface area contributed by atoms with Crippen molar-refractivity contribution in [2.75, 3.05) is 32.8 Å². The number of morpholine rings is 1. The van der Waals surface area contributed by atoms with E-state index in [0.717, 1.165) is 44.8 Å². The third kappa shape index (κ3) is 5.16. The van der Waals surface area contributed by atoms with Gasteiger partial charge in [0.2, 0.25) is 5.91 Å². The van der Waals surface area contributed by atoms with Crippen molar-refractivity contribution in [1.82, 2.24) is 10.2 Å². The lowest BCUT2D eigenvalue weighted by Gasteiger charge is -2.31. The lowest BCUT2D eigenvalue weighted by molar-refractivity contribution is -0.122. The SMILES string of the molecule is O=C(CCc1ccsc1)NC(CN1CCOCC1)c1ccccc1. The fourth-order valence-electron chi connectivity index (χ4n) is 2.92. The summed E-state index contributed by atoms with van der Waals surface area (Å²) in [5.74, 6) is 0.114. The zero-order valence-corrected chi connectivity index (χ0v) is 14.6. The molecule has 1 aromatic heterocycles. The molecule has 0 radical (unpaired) electrons. The van der Waals surface area contributed by atoms with Crippen LogP contribution < -0.4 is 5.32 Å². The summed E-state index contributed by atoms with van der Waals surface area (Å²) in [6, 6.07) is 12.3. The highest BCUT2D eigenvalue weighted by molar-refractivity contribution is 7.07. The van der Waals surface area contributed by atoms with Gasteiger partial charge in [-0.25, -0.2) is 0 Å². The standard InChI is InChI=1S/C19H24N2O2S/c22-19(7-6-16-8-13-24-15-16)20-18(17-4-2-1-3-5-17)14-21-9-11-23-12-10-21/h1-5,8,13,15,18H,6-7,9-12,14H2,(H,20,22). The molecule has 1 amide bonds. The van der Waals surface area contributed by atoms with E-state index in [0.29, 0.717) is 6.42 Å². The first-order valence-electron chi connectivity index (χ1n) is 8.47. The highest BCUT2D eigenvalue weighted by Gasteiger charge is 2.20. The van der Waals surface area contributed by atoms with Crippen molar-refractivity contribution in [2.45, 2.75) is 18.9 Å². The molecule has 3 rings (SSSR count). The Morgan fingerprint density at radius 3 is 2.71 bits per heavy atom. The van der Waals surface area contributed by atoms with Crippen LogP contribution in [0.1, 0.15) is 23.6 Å². The maximum absolute atomic E-state index is 12.4. The van der Waals surface area contributed by atoms with Crippen molar-refractivity contribution in [3.05, 3.63) is 58.3 Å². The maximum Gasteiger partial charge on any atom is 0.220 e. The molecule has 1 N–H and O–H groups in total. The van der Waals surface area contributed by atoms with Crippen LogP contribution in [0.4, 0.5) is 0 Å². The molecule has 0 aliphatic carbocycles. The lowest BCUT2D eigenvalue weighted by Crippen LogP contribution is -2.43. The molecular weight excluding hydrogens is 320 g/mol. The molecule has 0 spiro atoms. The number of hydrogen-bond donors (Lipinski definition) is 1. The molecule has 1 aromatic carbocycles. The second kappa shape index (κ2) is 8.97. The summed E-state index contributed by atoms with van der Waals surface area (Å²) in [7, 11) is 0. The number of carbonyl (C=O) groups excluding carboxylic acids is 1. The number of benzene rings is 1. The molecule has 1 fully saturated rings. The van der Waals surface area contributed by atoms with E-state index in [4.69, 9.17) is 4.74 Å². The Labute approximate surface area is 147 Å². The Bertz CT molecular complexity index is 610.